The van der Waals surface area contributed by atoms with Gasteiger partial charge in [-0.25, -0.2) is 9.97 Å². The molecule has 0 aliphatic heterocycles. The zero-order valence-corrected chi connectivity index (χ0v) is 15.8. The third-order valence-corrected chi connectivity index (χ3v) is 5.46. The maximum Gasteiger partial charge on any atom is 0.223 e. The molecule has 0 bridgehead atoms. The number of carbonyl (C=O) groups excluding carboxylic acids is 1. The van der Waals surface area contributed by atoms with Crippen LogP contribution in [0.15, 0.2) is 28.6 Å². The predicted octanol–water partition coefficient (Wildman–Crippen LogP) is 2.24. The van der Waals surface area contributed by atoms with Gasteiger partial charge in [0, 0.05) is 18.2 Å². The van der Waals surface area contributed by atoms with Crippen molar-refractivity contribution in [3.63, 3.8) is 0 Å². The number of rotatable bonds is 4. The van der Waals surface area contributed by atoms with Gasteiger partial charge in [-0.2, -0.15) is 15.4 Å². The second-order valence-electron chi connectivity index (χ2n) is 5.57. The molecule has 4 rings (SSSR count). The van der Waals surface area contributed by atoms with E-state index in [9.17, 15) is 9.90 Å². The van der Waals surface area contributed by atoms with E-state index in [4.69, 9.17) is 0 Å². The molecule has 0 atom stereocenters. The van der Waals surface area contributed by atoms with E-state index in [-0.39, 0.29) is 10.9 Å². The van der Waals surface area contributed by atoms with Crippen molar-refractivity contribution in [3.8, 4) is 10.6 Å². The number of thiazole rings is 2. The Hall–Kier alpha value is -3.18. The van der Waals surface area contributed by atoms with Crippen LogP contribution in [0.25, 0.3) is 21.6 Å². The lowest BCUT2D eigenvalue weighted by molar-refractivity contribution is -0.212. The summed E-state index contributed by atoms with van der Waals surface area (Å²) < 4.78 is 0. The largest absolute Gasteiger partial charge is 0.857 e. The van der Waals surface area contributed by atoms with Gasteiger partial charge in [-0.05, 0) is 25.1 Å². The van der Waals surface area contributed by atoms with Gasteiger partial charge in [0.1, 0.15) is 16.0 Å². The molecule has 0 fully saturated rings. The van der Waals surface area contributed by atoms with Crippen molar-refractivity contribution in [2.24, 2.45) is 4.99 Å². The molecular formula is C16H12N7O2S2-. The Morgan fingerprint density at radius 2 is 2.07 bits per heavy atom. The van der Waals surface area contributed by atoms with Crippen LogP contribution in [0.3, 0.4) is 0 Å². The van der Waals surface area contributed by atoms with E-state index in [2.05, 4.69) is 35.7 Å². The zero-order chi connectivity index (χ0) is 19.0. The summed E-state index contributed by atoms with van der Waals surface area (Å²) in [5.41, 5.74) is 3.20. The van der Waals surface area contributed by atoms with Gasteiger partial charge >= 0.3 is 0 Å². The first kappa shape index (κ1) is 17.2. The average molecular weight is 398 g/mol. The number of hydrogen-bond donors (Lipinski definition) is 2. The van der Waals surface area contributed by atoms with Crippen molar-refractivity contribution in [1.29, 1.82) is 0 Å². The Bertz CT molecular complexity index is 1170. The number of hydrogen-bond acceptors (Lipinski definition) is 9. The highest BCUT2D eigenvalue weighted by molar-refractivity contribution is 7.19. The number of fused-ring (bicyclic) bond motifs is 1. The van der Waals surface area contributed by atoms with Crippen molar-refractivity contribution in [2.45, 2.75) is 13.8 Å². The summed E-state index contributed by atoms with van der Waals surface area (Å²) in [6, 6.07) is 5.12. The Kier molecular flexibility index (Phi) is 4.38. The van der Waals surface area contributed by atoms with Gasteiger partial charge in [-0.15, -0.1) is 11.3 Å². The first-order valence-corrected chi connectivity index (χ1v) is 9.47. The van der Waals surface area contributed by atoms with E-state index in [1.165, 1.54) is 29.6 Å². The second-order valence-corrected chi connectivity index (χ2v) is 7.42. The number of anilines is 1. The van der Waals surface area contributed by atoms with Crippen LogP contribution in [0.5, 0.6) is 0 Å². The molecule has 0 saturated carbocycles. The molecule has 2 N–H and O–H groups in total. The molecular weight excluding hydrogens is 386 g/mol. The van der Waals surface area contributed by atoms with E-state index in [0.29, 0.717) is 27.5 Å². The topological polar surface area (TPSA) is 132 Å². The van der Waals surface area contributed by atoms with Crippen molar-refractivity contribution < 1.29 is 9.90 Å². The molecule has 0 aliphatic carbocycles. The van der Waals surface area contributed by atoms with Crippen LogP contribution in [-0.4, -0.2) is 37.2 Å². The number of nitrogens with zero attached hydrogens (tertiary/aromatic N) is 5. The standard InChI is InChI=1S/C16H13N7O2S2/c1-7-13(27-16(17-7)18-8(2)24)12-6-26-15(20-12)14(25)19-9-3-4-10-11(5-9)22-23-21-10/h3-6H,1-2H3,(H,19,25)(H,17,18,24)(H,21,22,23)/p-1. The van der Waals surface area contributed by atoms with Crippen LogP contribution in [0.1, 0.15) is 17.6 Å². The lowest BCUT2D eigenvalue weighted by Crippen LogP contribution is -2.18. The molecule has 9 nitrogen and oxygen atoms in total. The molecule has 27 heavy (non-hydrogen) atoms. The number of H-pyrrole nitrogens is 1. The van der Waals surface area contributed by atoms with Gasteiger partial charge in [-0.3, -0.25) is 9.79 Å². The third-order valence-electron chi connectivity index (χ3n) is 3.53. The fourth-order valence-corrected chi connectivity index (χ4v) is 4.12. The van der Waals surface area contributed by atoms with Crippen LogP contribution in [-0.2, 0) is 4.79 Å². The molecule has 11 heteroatoms. The van der Waals surface area contributed by atoms with Gasteiger partial charge in [0.15, 0.2) is 5.13 Å². The molecule has 136 valence electrons. The van der Waals surface area contributed by atoms with Crippen LogP contribution >= 0.6 is 22.7 Å². The fraction of sp³-hybridized carbons (Fsp3) is 0.125. The number of aryl methyl sites for hydroxylation is 1. The van der Waals surface area contributed by atoms with Crippen molar-refractivity contribution in [3.05, 3.63) is 34.3 Å². The molecule has 0 radical (unpaired) electrons. The van der Waals surface area contributed by atoms with E-state index in [0.717, 1.165) is 10.6 Å². The number of amides is 1. The summed E-state index contributed by atoms with van der Waals surface area (Å²) in [7, 11) is 0. The Morgan fingerprint density at radius 1 is 1.26 bits per heavy atom. The van der Waals surface area contributed by atoms with E-state index in [1.807, 2.05) is 6.92 Å². The summed E-state index contributed by atoms with van der Waals surface area (Å²) in [4.78, 5) is 24.8. The van der Waals surface area contributed by atoms with E-state index >= 15 is 0 Å². The molecule has 4 aromatic rings. The summed E-state index contributed by atoms with van der Waals surface area (Å²) >= 11 is 2.52. The number of aromatic nitrogens is 5. The van der Waals surface area contributed by atoms with Crippen LogP contribution in [0.4, 0.5) is 10.8 Å². The van der Waals surface area contributed by atoms with Gasteiger partial charge in [0.2, 0.25) is 5.91 Å². The van der Waals surface area contributed by atoms with Crippen LogP contribution < -0.4 is 10.4 Å². The Balaban J connectivity index is 1.61. The van der Waals surface area contributed by atoms with E-state index < -0.39 is 5.90 Å². The minimum atomic E-state index is -0.432. The summed E-state index contributed by atoms with van der Waals surface area (Å²) in [5, 5.41) is 28.1. The molecule has 0 saturated heterocycles. The molecule has 3 aromatic heterocycles. The third kappa shape index (κ3) is 3.55. The molecule has 1 amide bonds. The minimum Gasteiger partial charge on any atom is -0.857 e. The highest BCUT2D eigenvalue weighted by Crippen LogP contribution is 2.33. The molecule has 0 aliphatic rings. The summed E-state index contributed by atoms with van der Waals surface area (Å²) in [5.74, 6) is -0.620. The highest BCUT2D eigenvalue weighted by Gasteiger charge is 2.14. The van der Waals surface area contributed by atoms with Crippen molar-refractivity contribution in [1.82, 2.24) is 25.4 Å². The number of nitrogens with one attached hydrogen (secondary N) is 2. The SMILES string of the molecule is CC(=O)Nc1nc(C)c(-c2csc(C([O-])=Nc3ccc4n[nH]nc4c3)n2)s1. The molecule has 3 heterocycles. The number of aromatic amines is 1. The minimum absolute atomic E-state index is 0.188. The summed E-state index contributed by atoms with van der Waals surface area (Å²) in [6.07, 6.45) is 0. The Morgan fingerprint density at radius 3 is 2.89 bits per heavy atom. The first-order chi connectivity index (χ1) is 13.0. The lowest BCUT2D eigenvalue weighted by Gasteiger charge is -2.06. The quantitative estimate of drug-likeness (QED) is 0.400. The monoisotopic (exact) mass is 398 g/mol. The van der Waals surface area contributed by atoms with E-state index in [1.54, 1.807) is 23.6 Å². The predicted molar refractivity (Wildman–Crippen MR) is 102 cm³/mol. The second kappa shape index (κ2) is 6.85. The smallest absolute Gasteiger partial charge is 0.223 e. The number of carbonyl (C=O) groups is 1. The van der Waals surface area contributed by atoms with Crippen molar-refractivity contribution >= 4 is 56.3 Å². The van der Waals surface area contributed by atoms with Gasteiger partial charge in [0.25, 0.3) is 0 Å². The average Bonchev–Trinajstić information content (AvgIpc) is 3.33. The Labute approximate surface area is 160 Å². The molecule has 1 aromatic carbocycles. The maximum absolute atomic E-state index is 12.4. The van der Waals surface area contributed by atoms with Crippen molar-refractivity contribution in [2.75, 3.05) is 5.32 Å². The van der Waals surface area contributed by atoms with Gasteiger partial charge in [0.05, 0.1) is 22.0 Å². The van der Waals surface area contributed by atoms with Crippen LogP contribution in [0, 0.1) is 6.92 Å². The number of aliphatic imine (C=N–C) groups is 1. The zero-order valence-electron chi connectivity index (χ0n) is 14.2. The van der Waals surface area contributed by atoms with Gasteiger partial charge < -0.3 is 10.4 Å². The molecule has 0 spiro atoms. The number of benzene rings is 1. The summed E-state index contributed by atoms with van der Waals surface area (Å²) in [6.45, 7) is 3.25. The fourth-order valence-electron chi connectivity index (χ4n) is 2.38. The maximum atomic E-state index is 12.4. The lowest BCUT2D eigenvalue weighted by atomic mass is 10.3. The molecule has 0 unspecified atom stereocenters. The van der Waals surface area contributed by atoms with Gasteiger partial charge in [-0.1, -0.05) is 11.3 Å². The highest BCUT2D eigenvalue weighted by atomic mass is 32.1. The van der Waals surface area contributed by atoms with Crippen LogP contribution in [0.2, 0.25) is 0 Å². The normalized spacial score (nSPS) is 11.9. The first-order valence-electron chi connectivity index (χ1n) is 7.77.